The Morgan fingerprint density at radius 3 is 2.35 bits per heavy atom. The minimum atomic E-state index is 0. The van der Waals surface area contributed by atoms with E-state index in [1.165, 1.54) is 16.7 Å². The standard InChI is InChI=1S/C26H16N3O.C14H14N.Ir/c1-16-5-8-22-21-3-2-4-23(25(21)30-26(22)29-16)24-14-19(10-12-28-24)17-6-7-20-15-27-11-9-18(20)13-17;1-10-4-6-13(7-5-10)14-8-11(2)12(3)9-15-14;/h2-3,5-15H,1H3;4-6,8-9H,1-3H3;/q2*-1;. The van der Waals surface area contributed by atoms with Crippen LogP contribution in [0.2, 0.25) is 0 Å². The molecule has 0 bridgehead atoms. The number of hydrogen-bond acceptors (Lipinski definition) is 5. The minimum Gasteiger partial charge on any atom is -0.486 e. The number of nitrogens with zero attached hydrogens (tertiary/aromatic N) is 4. The van der Waals surface area contributed by atoms with Gasteiger partial charge in [0.05, 0.1) is 5.58 Å². The summed E-state index contributed by atoms with van der Waals surface area (Å²) in [5.41, 5.74) is 12.0. The van der Waals surface area contributed by atoms with Gasteiger partial charge in [-0.1, -0.05) is 47.7 Å². The second-order valence-corrected chi connectivity index (χ2v) is 11.3. The molecule has 0 saturated heterocycles. The van der Waals surface area contributed by atoms with Crippen LogP contribution in [0.1, 0.15) is 22.4 Å². The molecule has 0 saturated carbocycles. The van der Waals surface area contributed by atoms with Crippen molar-refractivity contribution in [3.63, 3.8) is 0 Å². The summed E-state index contributed by atoms with van der Waals surface area (Å²) in [6.07, 6.45) is 7.44. The molecular weight excluding hydrogens is 745 g/mol. The monoisotopic (exact) mass is 775 g/mol. The van der Waals surface area contributed by atoms with Crippen LogP contribution in [-0.4, -0.2) is 19.9 Å². The van der Waals surface area contributed by atoms with Gasteiger partial charge in [0.2, 0.25) is 5.71 Å². The molecule has 3 aromatic carbocycles. The van der Waals surface area contributed by atoms with Crippen LogP contribution in [0.3, 0.4) is 0 Å². The van der Waals surface area contributed by atoms with Crippen molar-refractivity contribution in [2.75, 3.05) is 0 Å². The second-order valence-electron chi connectivity index (χ2n) is 11.3. The molecule has 8 aromatic rings. The van der Waals surface area contributed by atoms with Crippen molar-refractivity contribution < 1.29 is 24.5 Å². The van der Waals surface area contributed by atoms with Crippen LogP contribution < -0.4 is 0 Å². The summed E-state index contributed by atoms with van der Waals surface area (Å²) in [4.78, 5) is 17.7. The average molecular weight is 775 g/mol. The van der Waals surface area contributed by atoms with E-state index in [0.29, 0.717) is 5.71 Å². The Balaban J connectivity index is 0.000000197. The molecule has 0 aliphatic carbocycles. The Hall–Kier alpha value is -5.03. The Kier molecular flexibility index (Phi) is 8.85. The molecule has 0 spiro atoms. The molecule has 0 aliphatic heterocycles. The zero-order valence-corrected chi connectivity index (χ0v) is 28.3. The quantitative estimate of drug-likeness (QED) is 0.167. The molecule has 5 aromatic heterocycles. The first-order valence-electron chi connectivity index (χ1n) is 14.9. The SMILES string of the molecule is Cc1c[c-]c(-c2cc(C)c(C)cn2)cc1.Cc1ccc2c(n1)oc1c(-c3cc(-c4ccc5cnccc5c4)ccn3)[c-]ccc12.[Ir]. The van der Waals surface area contributed by atoms with E-state index in [1.54, 1.807) is 0 Å². The van der Waals surface area contributed by atoms with E-state index in [9.17, 15) is 0 Å². The van der Waals surface area contributed by atoms with Crippen molar-refractivity contribution in [3.8, 4) is 33.6 Å². The Bertz CT molecular complexity index is 2330. The summed E-state index contributed by atoms with van der Waals surface area (Å²) in [6.45, 7) is 8.21. The summed E-state index contributed by atoms with van der Waals surface area (Å²) >= 11 is 0. The molecule has 0 unspecified atom stereocenters. The van der Waals surface area contributed by atoms with Gasteiger partial charge in [-0.2, -0.15) is 0 Å². The van der Waals surface area contributed by atoms with E-state index >= 15 is 0 Å². The van der Waals surface area contributed by atoms with Crippen LogP contribution in [-0.2, 0) is 20.1 Å². The van der Waals surface area contributed by atoms with E-state index in [4.69, 9.17) is 4.42 Å². The van der Waals surface area contributed by atoms with Crippen LogP contribution in [0.15, 0.2) is 114 Å². The van der Waals surface area contributed by atoms with Gasteiger partial charge >= 0.3 is 0 Å². The molecule has 5 heterocycles. The van der Waals surface area contributed by atoms with Crippen LogP contribution in [0, 0.1) is 39.8 Å². The van der Waals surface area contributed by atoms with Crippen molar-refractivity contribution in [1.29, 1.82) is 0 Å². The predicted molar refractivity (Wildman–Crippen MR) is 182 cm³/mol. The third kappa shape index (κ3) is 6.23. The third-order valence-electron chi connectivity index (χ3n) is 8.04. The van der Waals surface area contributed by atoms with Gasteiger partial charge < -0.3 is 14.4 Å². The number of furan rings is 1. The maximum absolute atomic E-state index is 6.13. The van der Waals surface area contributed by atoms with Gasteiger partial charge in [0, 0.05) is 61.4 Å². The van der Waals surface area contributed by atoms with E-state index in [0.717, 1.165) is 66.5 Å². The molecule has 8 rings (SSSR count). The second kappa shape index (κ2) is 13.1. The summed E-state index contributed by atoms with van der Waals surface area (Å²) in [5.74, 6) is 0. The Labute approximate surface area is 281 Å². The summed E-state index contributed by atoms with van der Waals surface area (Å²) in [6, 6.07) is 35.3. The molecule has 0 aliphatic rings. The van der Waals surface area contributed by atoms with Gasteiger partial charge in [-0.15, -0.1) is 53.6 Å². The predicted octanol–water partition coefficient (Wildman–Crippen LogP) is 9.84. The maximum atomic E-state index is 6.13. The first-order chi connectivity index (χ1) is 21.9. The number of rotatable bonds is 3. The van der Waals surface area contributed by atoms with Crippen LogP contribution in [0.5, 0.6) is 0 Å². The molecular formula is C40H30IrN4O-2. The third-order valence-corrected chi connectivity index (χ3v) is 8.04. The zero-order chi connectivity index (χ0) is 30.9. The van der Waals surface area contributed by atoms with Crippen molar-refractivity contribution in [3.05, 3.63) is 144 Å². The number of hydrogen-bond donors (Lipinski definition) is 0. The topological polar surface area (TPSA) is 64.7 Å². The number of aromatic nitrogens is 4. The summed E-state index contributed by atoms with van der Waals surface area (Å²) in [7, 11) is 0. The van der Waals surface area contributed by atoms with Gasteiger partial charge in [0.25, 0.3) is 0 Å². The van der Waals surface area contributed by atoms with Crippen molar-refractivity contribution in [2.24, 2.45) is 0 Å². The average Bonchev–Trinajstić information content (AvgIpc) is 3.44. The maximum Gasteiger partial charge on any atom is 0.216 e. The van der Waals surface area contributed by atoms with Crippen LogP contribution in [0.25, 0.3) is 66.5 Å². The Morgan fingerprint density at radius 2 is 1.52 bits per heavy atom. The number of benzene rings is 3. The van der Waals surface area contributed by atoms with Crippen LogP contribution >= 0.6 is 0 Å². The van der Waals surface area contributed by atoms with Gasteiger partial charge in [0.1, 0.15) is 0 Å². The number of aryl methyl sites for hydroxylation is 4. The van der Waals surface area contributed by atoms with E-state index < -0.39 is 0 Å². The molecule has 0 amide bonds. The van der Waals surface area contributed by atoms with E-state index in [-0.39, 0.29) is 20.1 Å². The van der Waals surface area contributed by atoms with Crippen molar-refractivity contribution in [1.82, 2.24) is 19.9 Å². The zero-order valence-electron chi connectivity index (χ0n) is 25.9. The molecule has 46 heavy (non-hydrogen) atoms. The van der Waals surface area contributed by atoms with Crippen LogP contribution in [0.4, 0.5) is 0 Å². The fraction of sp³-hybridized carbons (Fsp3) is 0.100. The van der Waals surface area contributed by atoms with Gasteiger partial charge in [-0.25, -0.2) is 4.98 Å². The van der Waals surface area contributed by atoms with E-state index in [2.05, 4.69) is 101 Å². The first kappa shape index (κ1) is 31.0. The molecule has 0 fully saturated rings. The summed E-state index contributed by atoms with van der Waals surface area (Å²) in [5, 5.41) is 4.31. The van der Waals surface area contributed by atoms with Gasteiger partial charge in [-0.3, -0.25) is 4.98 Å². The Morgan fingerprint density at radius 1 is 0.652 bits per heavy atom. The fourth-order valence-electron chi connectivity index (χ4n) is 5.35. The first-order valence-corrected chi connectivity index (χ1v) is 14.9. The van der Waals surface area contributed by atoms with Gasteiger partial charge in [-0.05, 0) is 84.6 Å². The smallest absolute Gasteiger partial charge is 0.216 e. The normalized spacial score (nSPS) is 10.9. The van der Waals surface area contributed by atoms with Crippen molar-refractivity contribution >= 4 is 32.8 Å². The fourth-order valence-corrected chi connectivity index (χ4v) is 5.35. The molecule has 0 atom stereocenters. The van der Waals surface area contributed by atoms with Crippen molar-refractivity contribution in [2.45, 2.75) is 27.7 Å². The number of fused-ring (bicyclic) bond motifs is 4. The molecule has 6 heteroatoms. The summed E-state index contributed by atoms with van der Waals surface area (Å²) < 4.78 is 6.13. The van der Waals surface area contributed by atoms with Gasteiger partial charge in [0.15, 0.2) is 0 Å². The molecule has 0 N–H and O–H groups in total. The minimum absolute atomic E-state index is 0. The number of pyridine rings is 4. The van der Waals surface area contributed by atoms with E-state index in [1.807, 2.05) is 68.1 Å². The molecule has 227 valence electrons. The largest absolute Gasteiger partial charge is 0.486 e. The molecule has 5 nitrogen and oxygen atoms in total. The molecule has 1 radical (unpaired) electrons.